The molecular formula is C16H20Cl2F3N3O2. The van der Waals surface area contributed by atoms with E-state index in [4.69, 9.17) is 11.6 Å². The molecule has 1 aliphatic rings. The molecule has 1 heterocycles. The molecule has 0 radical (unpaired) electrons. The van der Waals surface area contributed by atoms with Gasteiger partial charge in [0.25, 0.3) is 0 Å². The molecule has 0 aromatic heterocycles. The summed E-state index contributed by atoms with van der Waals surface area (Å²) < 4.78 is 38.5. The van der Waals surface area contributed by atoms with Crippen molar-refractivity contribution in [3.63, 3.8) is 0 Å². The minimum absolute atomic E-state index is 0. The number of halogens is 5. The summed E-state index contributed by atoms with van der Waals surface area (Å²) in [6.07, 6.45) is -2.39. The van der Waals surface area contributed by atoms with Gasteiger partial charge in [-0.1, -0.05) is 11.6 Å². The first-order valence-electron chi connectivity index (χ1n) is 7.81. The summed E-state index contributed by atoms with van der Waals surface area (Å²) in [6, 6.07) is 3.23. The second-order valence-corrected chi connectivity index (χ2v) is 6.39. The Kier molecular flexibility index (Phi) is 8.17. The fraction of sp³-hybridized carbons (Fsp3) is 0.500. The lowest BCUT2D eigenvalue weighted by atomic mass is 10.1. The third kappa shape index (κ3) is 6.34. The van der Waals surface area contributed by atoms with Gasteiger partial charge in [0.15, 0.2) is 0 Å². The quantitative estimate of drug-likeness (QED) is 0.778. The van der Waals surface area contributed by atoms with Crippen LogP contribution in [0.4, 0.5) is 18.9 Å². The molecule has 5 nitrogen and oxygen atoms in total. The fourth-order valence-corrected chi connectivity index (χ4v) is 2.85. The van der Waals surface area contributed by atoms with Gasteiger partial charge in [-0.3, -0.25) is 9.59 Å². The SMILES string of the molecule is CN(CC(=O)Nc1ccc(Cl)c(C(F)(F)F)c1)C(=O)CC1CCCN1.Cl. The van der Waals surface area contributed by atoms with Gasteiger partial charge in [0.05, 0.1) is 17.1 Å². The average molecular weight is 414 g/mol. The summed E-state index contributed by atoms with van der Waals surface area (Å²) in [5, 5.41) is 5.11. The summed E-state index contributed by atoms with van der Waals surface area (Å²) in [6.45, 7) is 0.635. The maximum Gasteiger partial charge on any atom is 0.417 e. The van der Waals surface area contributed by atoms with Crippen LogP contribution in [0.2, 0.25) is 5.02 Å². The summed E-state index contributed by atoms with van der Waals surface area (Å²) in [5.41, 5.74) is -1.05. The fourth-order valence-electron chi connectivity index (χ4n) is 2.62. The van der Waals surface area contributed by atoms with Crippen LogP contribution in [-0.2, 0) is 15.8 Å². The molecule has 2 rings (SSSR count). The maximum atomic E-state index is 12.8. The minimum Gasteiger partial charge on any atom is -0.336 e. The first-order valence-corrected chi connectivity index (χ1v) is 8.18. The zero-order valence-corrected chi connectivity index (χ0v) is 15.6. The van der Waals surface area contributed by atoms with E-state index in [1.54, 1.807) is 0 Å². The zero-order chi connectivity index (χ0) is 18.6. The molecule has 2 N–H and O–H groups in total. The van der Waals surface area contributed by atoms with Crippen molar-refractivity contribution in [1.82, 2.24) is 10.2 Å². The highest BCUT2D eigenvalue weighted by molar-refractivity contribution is 6.31. The number of hydrogen-bond donors (Lipinski definition) is 2. The van der Waals surface area contributed by atoms with Crippen LogP contribution in [-0.4, -0.2) is 42.9 Å². The Labute approximate surface area is 160 Å². The first-order chi connectivity index (χ1) is 11.7. The van der Waals surface area contributed by atoms with E-state index in [1.807, 2.05) is 0 Å². The molecule has 1 aromatic rings. The number of nitrogens with one attached hydrogen (secondary N) is 2. The number of carbonyl (C=O) groups is 2. The van der Waals surface area contributed by atoms with Crippen LogP contribution >= 0.6 is 24.0 Å². The lowest BCUT2D eigenvalue weighted by Crippen LogP contribution is -2.38. The maximum absolute atomic E-state index is 12.8. The molecular weight excluding hydrogens is 394 g/mol. The Balaban J connectivity index is 0.00000338. The van der Waals surface area contributed by atoms with Gasteiger partial charge in [-0.05, 0) is 37.6 Å². The molecule has 1 aromatic carbocycles. The molecule has 0 aliphatic carbocycles. The second-order valence-electron chi connectivity index (χ2n) is 5.99. The number of nitrogens with zero attached hydrogens (tertiary/aromatic N) is 1. The largest absolute Gasteiger partial charge is 0.417 e. The molecule has 1 fully saturated rings. The van der Waals surface area contributed by atoms with Crippen molar-refractivity contribution in [2.24, 2.45) is 0 Å². The molecule has 1 unspecified atom stereocenters. The summed E-state index contributed by atoms with van der Waals surface area (Å²) in [4.78, 5) is 25.3. The number of amides is 2. The van der Waals surface area contributed by atoms with Crippen LogP contribution in [0.25, 0.3) is 0 Å². The molecule has 0 saturated carbocycles. The predicted molar refractivity (Wildman–Crippen MR) is 95.6 cm³/mol. The van der Waals surface area contributed by atoms with E-state index in [-0.39, 0.29) is 36.6 Å². The highest BCUT2D eigenvalue weighted by Crippen LogP contribution is 2.36. The standard InChI is InChI=1S/C16H19ClF3N3O2.ClH/c1-23(15(25)8-10-3-2-6-21-10)9-14(24)22-11-4-5-13(17)12(7-11)16(18,19)20;/h4-5,7,10,21H,2-3,6,8-9H2,1H3,(H,22,24);1H. The lowest BCUT2D eigenvalue weighted by Gasteiger charge is -2.19. The molecule has 146 valence electrons. The van der Waals surface area contributed by atoms with Crippen LogP contribution < -0.4 is 10.6 Å². The number of benzene rings is 1. The van der Waals surface area contributed by atoms with Crippen LogP contribution in [0, 0.1) is 0 Å². The topological polar surface area (TPSA) is 61.4 Å². The third-order valence-corrected chi connectivity index (χ3v) is 4.28. The normalized spacial score (nSPS) is 16.7. The van der Waals surface area contributed by atoms with Crippen LogP contribution in [0.5, 0.6) is 0 Å². The third-order valence-electron chi connectivity index (χ3n) is 3.95. The molecule has 2 amide bonds. The van der Waals surface area contributed by atoms with E-state index >= 15 is 0 Å². The van der Waals surface area contributed by atoms with E-state index in [2.05, 4.69) is 10.6 Å². The number of anilines is 1. The van der Waals surface area contributed by atoms with E-state index in [9.17, 15) is 22.8 Å². The smallest absolute Gasteiger partial charge is 0.336 e. The van der Waals surface area contributed by atoms with Crippen molar-refractivity contribution < 1.29 is 22.8 Å². The van der Waals surface area contributed by atoms with Gasteiger partial charge in [0.2, 0.25) is 11.8 Å². The van der Waals surface area contributed by atoms with Crippen molar-refractivity contribution in [3.8, 4) is 0 Å². The number of hydrogen-bond acceptors (Lipinski definition) is 3. The van der Waals surface area contributed by atoms with E-state index in [1.165, 1.54) is 18.0 Å². The van der Waals surface area contributed by atoms with Crippen molar-refractivity contribution in [2.45, 2.75) is 31.5 Å². The van der Waals surface area contributed by atoms with Gasteiger partial charge in [0, 0.05) is 25.2 Å². The van der Waals surface area contributed by atoms with Gasteiger partial charge in [-0.2, -0.15) is 13.2 Å². The van der Waals surface area contributed by atoms with E-state index in [0.717, 1.165) is 31.5 Å². The molecule has 0 spiro atoms. The molecule has 1 saturated heterocycles. The van der Waals surface area contributed by atoms with E-state index in [0.29, 0.717) is 6.42 Å². The summed E-state index contributed by atoms with van der Waals surface area (Å²) >= 11 is 5.53. The number of rotatable bonds is 5. The van der Waals surface area contributed by atoms with Crippen molar-refractivity contribution in [3.05, 3.63) is 28.8 Å². The summed E-state index contributed by atoms with van der Waals surface area (Å²) in [7, 11) is 1.49. The first kappa shape index (κ1) is 22.5. The number of likely N-dealkylation sites (N-methyl/N-ethyl adjacent to an activating group) is 1. The lowest BCUT2D eigenvalue weighted by molar-refractivity contribution is -0.137. The Morgan fingerprint density at radius 2 is 2.08 bits per heavy atom. The van der Waals surface area contributed by atoms with Gasteiger partial charge in [0.1, 0.15) is 0 Å². The predicted octanol–water partition coefficient (Wildman–Crippen LogP) is 3.32. The van der Waals surface area contributed by atoms with Gasteiger partial charge in [-0.25, -0.2) is 0 Å². The van der Waals surface area contributed by atoms with Gasteiger partial charge < -0.3 is 15.5 Å². The van der Waals surface area contributed by atoms with E-state index < -0.39 is 22.7 Å². The zero-order valence-electron chi connectivity index (χ0n) is 14.0. The van der Waals surface area contributed by atoms with Crippen molar-refractivity contribution >= 4 is 41.5 Å². The molecule has 26 heavy (non-hydrogen) atoms. The Morgan fingerprint density at radius 1 is 1.38 bits per heavy atom. The van der Waals surface area contributed by atoms with Crippen molar-refractivity contribution in [2.75, 3.05) is 25.5 Å². The molecule has 1 atom stereocenters. The van der Waals surface area contributed by atoms with Gasteiger partial charge >= 0.3 is 6.18 Å². The highest BCUT2D eigenvalue weighted by atomic mass is 35.5. The Bertz CT molecular complexity index is 650. The molecule has 0 bridgehead atoms. The highest BCUT2D eigenvalue weighted by Gasteiger charge is 2.33. The monoisotopic (exact) mass is 413 g/mol. The van der Waals surface area contributed by atoms with Gasteiger partial charge in [-0.15, -0.1) is 12.4 Å². The van der Waals surface area contributed by atoms with Crippen LogP contribution in [0.15, 0.2) is 18.2 Å². The Hall–Kier alpha value is -1.51. The average Bonchev–Trinajstić information content (AvgIpc) is 3.00. The number of carbonyl (C=O) groups excluding carboxylic acids is 2. The molecule has 10 heteroatoms. The van der Waals surface area contributed by atoms with Crippen LogP contribution in [0.3, 0.4) is 0 Å². The molecule has 1 aliphatic heterocycles. The minimum atomic E-state index is -4.61. The second kappa shape index (κ2) is 9.43. The Morgan fingerprint density at radius 3 is 2.65 bits per heavy atom. The number of alkyl halides is 3. The van der Waals surface area contributed by atoms with Crippen molar-refractivity contribution in [1.29, 1.82) is 0 Å². The van der Waals surface area contributed by atoms with Crippen LogP contribution in [0.1, 0.15) is 24.8 Å². The summed E-state index contributed by atoms with van der Waals surface area (Å²) in [5.74, 6) is -0.771.